The fraction of sp³-hybridized carbons (Fsp3) is 0.111. The maximum atomic E-state index is 12.3. The third kappa shape index (κ3) is 5.22. The highest BCUT2D eigenvalue weighted by Crippen LogP contribution is 2.21. The molecule has 2 N–H and O–H groups in total. The number of benzene rings is 2. The van der Waals surface area contributed by atoms with Crippen LogP contribution in [0.15, 0.2) is 48.5 Å². The van der Waals surface area contributed by atoms with Gasteiger partial charge in [-0.3, -0.25) is 4.79 Å². The molecule has 0 aliphatic carbocycles. The lowest BCUT2D eigenvalue weighted by molar-refractivity contribution is -0.135. The molecule has 0 unspecified atom stereocenters. The van der Waals surface area contributed by atoms with Crippen LogP contribution in [0.1, 0.15) is 28.8 Å². The third-order valence-electron chi connectivity index (χ3n) is 3.15. The number of hydrogen-bond acceptors (Lipinski definition) is 6. The van der Waals surface area contributed by atoms with Crippen molar-refractivity contribution in [3.8, 4) is 11.5 Å². The summed E-state index contributed by atoms with van der Waals surface area (Å²) in [5.41, 5.74) is 6.26. The first-order chi connectivity index (χ1) is 12.0. The summed E-state index contributed by atoms with van der Waals surface area (Å²) in [7, 11) is 0. The smallest absolute Gasteiger partial charge is 0.347 e. The number of rotatable bonds is 7. The maximum Gasteiger partial charge on any atom is 0.347 e. The van der Waals surface area contributed by atoms with Crippen LogP contribution in [0.25, 0.3) is 0 Å². The molecule has 0 radical (unpaired) electrons. The largest absolute Gasteiger partial charge is 0.426 e. The number of aldehydes is 1. The number of thiocarbonyl (C=S) groups is 1. The van der Waals surface area contributed by atoms with Gasteiger partial charge in [-0.2, -0.15) is 0 Å². The molecule has 0 spiro atoms. The van der Waals surface area contributed by atoms with Gasteiger partial charge in [-0.25, -0.2) is 4.79 Å². The normalized spacial score (nSPS) is 9.92. The van der Waals surface area contributed by atoms with Crippen molar-refractivity contribution < 1.29 is 23.9 Å². The maximum absolute atomic E-state index is 12.3. The lowest BCUT2D eigenvalue weighted by Crippen LogP contribution is -2.14. The van der Waals surface area contributed by atoms with Crippen molar-refractivity contribution in [3.63, 3.8) is 0 Å². The minimum absolute atomic E-state index is 0.0564. The first-order valence-electron chi connectivity index (χ1n) is 7.36. The summed E-state index contributed by atoms with van der Waals surface area (Å²) in [5, 5.41) is 0. The van der Waals surface area contributed by atoms with E-state index in [-0.39, 0.29) is 29.1 Å². The Balaban J connectivity index is 2.12. The van der Waals surface area contributed by atoms with Crippen LogP contribution in [0.3, 0.4) is 0 Å². The second kappa shape index (κ2) is 8.70. The summed E-state index contributed by atoms with van der Waals surface area (Å²) < 4.78 is 10.4. The monoisotopic (exact) mass is 357 g/mol. The predicted molar refractivity (Wildman–Crippen MR) is 94.7 cm³/mol. The number of hydrogen-bond donors (Lipinski definition) is 1. The summed E-state index contributed by atoms with van der Waals surface area (Å²) in [5.74, 6) is -0.912. The summed E-state index contributed by atoms with van der Waals surface area (Å²) >= 11 is 4.86. The number of ether oxygens (including phenoxy) is 2. The molecule has 0 atom stereocenters. The molecular formula is C18H15NO5S. The fourth-order valence-electron chi connectivity index (χ4n) is 1.92. The molecule has 0 fully saturated rings. The third-order valence-corrected chi connectivity index (χ3v) is 3.38. The molecule has 0 saturated carbocycles. The van der Waals surface area contributed by atoms with Gasteiger partial charge in [0, 0.05) is 12.0 Å². The number of carbonyl (C=O) groups excluding carboxylic acids is 3. The van der Waals surface area contributed by atoms with E-state index in [1.807, 2.05) is 0 Å². The molecule has 0 heterocycles. The van der Waals surface area contributed by atoms with Crippen LogP contribution in [-0.2, 0) is 9.59 Å². The molecule has 0 aliphatic heterocycles. The van der Waals surface area contributed by atoms with E-state index in [2.05, 4.69) is 0 Å². The first kappa shape index (κ1) is 18.3. The zero-order valence-electron chi connectivity index (χ0n) is 13.1. The molecule has 6 nitrogen and oxygen atoms in total. The van der Waals surface area contributed by atoms with Gasteiger partial charge < -0.3 is 20.0 Å². The van der Waals surface area contributed by atoms with Crippen LogP contribution in [0.2, 0.25) is 0 Å². The topological polar surface area (TPSA) is 95.7 Å². The van der Waals surface area contributed by atoms with Crippen molar-refractivity contribution >= 4 is 35.4 Å². The Labute approximate surface area is 149 Å². The highest BCUT2D eigenvalue weighted by molar-refractivity contribution is 7.80. The van der Waals surface area contributed by atoms with E-state index in [1.54, 1.807) is 36.4 Å². The molecule has 0 aromatic heterocycles. The number of nitrogens with two attached hydrogens (primary N) is 1. The number of esters is 2. The molecule has 128 valence electrons. The summed E-state index contributed by atoms with van der Waals surface area (Å²) in [4.78, 5) is 34.5. The van der Waals surface area contributed by atoms with Crippen LogP contribution < -0.4 is 15.2 Å². The molecular weight excluding hydrogens is 342 g/mol. The van der Waals surface area contributed by atoms with Crippen molar-refractivity contribution in [2.24, 2.45) is 5.73 Å². The second-order valence-electron chi connectivity index (χ2n) is 4.95. The van der Waals surface area contributed by atoms with Gasteiger partial charge in [0.25, 0.3) is 0 Å². The average molecular weight is 357 g/mol. The Kier molecular flexibility index (Phi) is 6.36. The van der Waals surface area contributed by atoms with Crippen LogP contribution >= 0.6 is 12.2 Å². The quantitative estimate of drug-likeness (QED) is 0.352. The lowest BCUT2D eigenvalue weighted by atomic mass is 10.2. The predicted octanol–water partition coefficient (Wildman–Crippen LogP) is 2.42. The van der Waals surface area contributed by atoms with E-state index >= 15 is 0 Å². The van der Waals surface area contributed by atoms with Crippen molar-refractivity contribution in [3.05, 3.63) is 59.7 Å². The summed E-state index contributed by atoms with van der Waals surface area (Å²) in [6, 6.07) is 12.6. The minimum Gasteiger partial charge on any atom is -0.426 e. The minimum atomic E-state index is -0.679. The Morgan fingerprint density at radius 2 is 1.72 bits per heavy atom. The van der Waals surface area contributed by atoms with Gasteiger partial charge in [-0.15, -0.1) is 0 Å². The Morgan fingerprint density at radius 3 is 2.36 bits per heavy atom. The molecule has 0 amide bonds. The highest BCUT2D eigenvalue weighted by atomic mass is 32.1. The van der Waals surface area contributed by atoms with Gasteiger partial charge >= 0.3 is 11.9 Å². The van der Waals surface area contributed by atoms with Crippen LogP contribution in [0, 0.1) is 0 Å². The molecule has 2 aromatic carbocycles. The zero-order chi connectivity index (χ0) is 18.2. The highest BCUT2D eigenvalue weighted by Gasteiger charge is 2.17. The van der Waals surface area contributed by atoms with Crippen LogP contribution in [0.5, 0.6) is 11.5 Å². The van der Waals surface area contributed by atoms with E-state index in [4.69, 9.17) is 27.4 Å². The Bertz CT molecular complexity index is 801. The molecule has 25 heavy (non-hydrogen) atoms. The van der Waals surface area contributed by atoms with Crippen molar-refractivity contribution in [2.75, 3.05) is 0 Å². The Morgan fingerprint density at radius 1 is 1.04 bits per heavy atom. The standard InChI is InChI=1S/C18H15NO5S/c19-17(25)12-7-9-13(10-8-12)23-18(22)14-4-1-2-5-15(14)24-16(21)6-3-11-20/h1-2,4-5,7-11H,3,6H2,(H2,19,25). The van der Waals surface area contributed by atoms with Gasteiger partial charge in [0.05, 0.1) is 6.42 Å². The van der Waals surface area contributed by atoms with E-state index in [9.17, 15) is 14.4 Å². The molecule has 2 aromatic rings. The van der Waals surface area contributed by atoms with Crippen molar-refractivity contribution in [1.29, 1.82) is 0 Å². The molecule has 0 saturated heterocycles. The van der Waals surface area contributed by atoms with Crippen LogP contribution in [-0.4, -0.2) is 23.2 Å². The van der Waals surface area contributed by atoms with E-state index in [1.165, 1.54) is 12.1 Å². The molecule has 0 bridgehead atoms. The number of carbonyl (C=O) groups is 3. The first-order valence-corrected chi connectivity index (χ1v) is 7.77. The molecule has 7 heteroatoms. The van der Waals surface area contributed by atoms with E-state index < -0.39 is 11.9 Å². The van der Waals surface area contributed by atoms with Crippen molar-refractivity contribution in [2.45, 2.75) is 12.8 Å². The Hall–Kier alpha value is -3.06. The van der Waals surface area contributed by atoms with Crippen LogP contribution in [0.4, 0.5) is 0 Å². The van der Waals surface area contributed by atoms with Gasteiger partial charge in [0.1, 0.15) is 28.3 Å². The fourth-order valence-corrected chi connectivity index (χ4v) is 2.06. The second-order valence-corrected chi connectivity index (χ2v) is 5.39. The van der Waals surface area contributed by atoms with E-state index in [0.29, 0.717) is 17.6 Å². The zero-order valence-corrected chi connectivity index (χ0v) is 14.0. The van der Waals surface area contributed by atoms with E-state index in [0.717, 1.165) is 0 Å². The average Bonchev–Trinajstić information content (AvgIpc) is 2.60. The van der Waals surface area contributed by atoms with Gasteiger partial charge in [0.15, 0.2) is 0 Å². The summed E-state index contributed by atoms with van der Waals surface area (Å²) in [6.45, 7) is 0. The number of para-hydroxylation sites is 1. The van der Waals surface area contributed by atoms with Gasteiger partial charge in [0.2, 0.25) is 0 Å². The summed E-state index contributed by atoms with van der Waals surface area (Å²) in [6.07, 6.45) is 0.617. The van der Waals surface area contributed by atoms with Crippen molar-refractivity contribution in [1.82, 2.24) is 0 Å². The molecule has 0 aliphatic rings. The molecule has 2 rings (SSSR count). The lowest BCUT2D eigenvalue weighted by Gasteiger charge is -2.10. The van der Waals surface area contributed by atoms with Gasteiger partial charge in [-0.1, -0.05) is 24.4 Å². The van der Waals surface area contributed by atoms with Gasteiger partial charge in [-0.05, 0) is 36.4 Å². The SMILES string of the molecule is NC(=S)c1ccc(OC(=O)c2ccccc2OC(=O)CCC=O)cc1.